The fraction of sp³-hybridized carbons (Fsp3) is 0.692. The number of hydrogen-bond donors (Lipinski definition) is 1. The Bertz CT molecular complexity index is 362. The first-order chi connectivity index (χ1) is 8.33. The number of aromatic nitrogens is 2. The first-order valence-electron chi connectivity index (χ1n) is 6.39. The van der Waals surface area contributed by atoms with E-state index < -0.39 is 0 Å². The zero-order valence-corrected chi connectivity index (χ0v) is 10.4. The van der Waals surface area contributed by atoms with Crippen molar-refractivity contribution in [2.75, 3.05) is 6.61 Å². The first kappa shape index (κ1) is 12.5. The van der Waals surface area contributed by atoms with Gasteiger partial charge in [0.25, 0.3) is 0 Å². The highest BCUT2D eigenvalue weighted by Crippen LogP contribution is 2.16. The van der Waals surface area contributed by atoms with Gasteiger partial charge in [-0.15, -0.1) is 0 Å². The van der Waals surface area contributed by atoms with Gasteiger partial charge in [-0.05, 0) is 19.3 Å². The minimum Gasteiger partial charge on any atom is -0.392 e. The van der Waals surface area contributed by atoms with E-state index in [1.807, 2.05) is 0 Å². The Kier molecular flexibility index (Phi) is 4.45. The molecule has 0 amide bonds. The second kappa shape index (κ2) is 6.07. The summed E-state index contributed by atoms with van der Waals surface area (Å²) in [7, 11) is 0. The lowest BCUT2D eigenvalue weighted by molar-refractivity contribution is 0.110. The highest BCUT2D eigenvalue weighted by molar-refractivity contribution is 5.17. The SMILES string of the molecule is CCCc1nc(CC2CCCO2)ncc1CO. The molecule has 1 aromatic rings. The van der Waals surface area contributed by atoms with E-state index in [0.29, 0.717) is 0 Å². The molecule has 0 saturated carbocycles. The molecule has 1 N–H and O–H groups in total. The maximum absolute atomic E-state index is 9.22. The molecule has 4 heteroatoms. The molecule has 0 aliphatic carbocycles. The molecule has 1 aliphatic heterocycles. The van der Waals surface area contributed by atoms with Crippen LogP contribution in [-0.2, 0) is 24.2 Å². The largest absolute Gasteiger partial charge is 0.392 e. The third-order valence-electron chi connectivity index (χ3n) is 3.10. The van der Waals surface area contributed by atoms with Gasteiger partial charge in [0.05, 0.1) is 12.7 Å². The van der Waals surface area contributed by atoms with Crippen LogP contribution in [0.3, 0.4) is 0 Å². The lowest BCUT2D eigenvalue weighted by Crippen LogP contribution is -2.13. The molecule has 1 fully saturated rings. The summed E-state index contributed by atoms with van der Waals surface area (Å²) in [5.41, 5.74) is 1.83. The molecule has 1 unspecified atom stereocenters. The van der Waals surface area contributed by atoms with Gasteiger partial charge in [0.1, 0.15) is 5.82 Å². The zero-order valence-electron chi connectivity index (χ0n) is 10.4. The Morgan fingerprint density at radius 2 is 2.41 bits per heavy atom. The summed E-state index contributed by atoms with van der Waals surface area (Å²) >= 11 is 0. The van der Waals surface area contributed by atoms with Gasteiger partial charge in [0, 0.05) is 30.5 Å². The second-order valence-corrected chi connectivity index (χ2v) is 4.51. The van der Waals surface area contributed by atoms with Crippen LogP contribution in [0.5, 0.6) is 0 Å². The monoisotopic (exact) mass is 236 g/mol. The number of rotatable bonds is 5. The highest BCUT2D eigenvalue weighted by Gasteiger charge is 2.17. The maximum atomic E-state index is 9.22. The van der Waals surface area contributed by atoms with Gasteiger partial charge in [-0.3, -0.25) is 0 Å². The fourth-order valence-electron chi connectivity index (χ4n) is 2.18. The average molecular weight is 236 g/mol. The van der Waals surface area contributed by atoms with Crippen molar-refractivity contribution >= 4 is 0 Å². The molecular weight excluding hydrogens is 216 g/mol. The third-order valence-corrected chi connectivity index (χ3v) is 3.10. The van der Waals surface area contributed by atoms with Crippen molar-refractivity contribution in [2.24, 2.45) is 0 Å². The van der Waals surface area contributed by atoms with Gasteiger partial charge >= 0.3 is 0 Å². The van der Waals surface area contributed by atoms with Crippen LogP contribution >= 0.6 is 0 Å². The Morgan fingerprint density at radius 1 is 1.53 bits per heavy atom. The summed E-state index contributed by atoms with van der Waals surface area (Å²) in [5, 5.41) is 9.22. The molecule has 94 valence electrons. The predicted octanol–water partition coefficient (Wildman–Crippen LogP) is 1.64. The minimum atomic E-state index is 0.0234. The average Bonchev–Trinajstić information content (AvgIpc) is 2.83. The summed E-state index contributed by atoms with van der Waals surface area (Å²) < 4.78 is 5.58. The zero-order chi connectivity index (χ0) is 12.1. The van der Waals surface area contributed by atoms with E-state index in [0.717, 1.165) is 55.8 Å². The Balaban J connectivity index is 2.08. The van der Waals surface area contributed by atoms with Gasteiger partial charge in [-0.25, -0.2) is 9.97 Å². The Hall–Kier alpha value is -1.00. The molecule has 2 heterocycles. The lowest BCUT2D eigenvalue weighted by atomic mass is 10.1. The van der Waals surface area contributed by atoms with Crippen molar-refractivity contribution in [3.05, 3.63) is 23.3 Å². The molecule has 0 aromatic carbocycles. The van der Waals surface area contributed by atoms with Crippen molar-refractivity contribution in [1.82, 2.24) is 9.97 Å². The number of aliphatic hydroxyl groups excluding tert-OH is 1. The molecule has 1 atom stereocenters. The number of nitrogens with zero attached hydrogens (tertiary/aromatic N) is 2. The topological polar surface area (TPSA) is 55.2 Å². The normalized spacial score (nSPS) is 19.8. The van der Waals surface area contributed by atoms with Crippen LogP contribution < -0.4 is 0 Å². The predicted molar refractivity (Wildman–Crippen MR) is 64.6 cm³/mol. The van der Waals surface area contributed by atoms with Gasteiger partial charge in [-0.2, -0.15) is 0 Å². The summed E-state index contributed by atoms with van der Waals surface area (Å²) in [6, 6.07) is 0. The van der Waals surface area contributed by atoms with Gasteiger partial charge < -0.3 is 9.84 Å². The van der Waals surface area contributed by atoms with Crippen molar-refractivity contribution in [1.29, 1.82) is 0 Å². The van der Waals surface area contributed by atoms with E-state index in [9.17, 15) is 5.11 Å². The number of aryl methyl sites for hydroxylation is 1. The van der Waals surface area contributed by atoms with E-state index in [1.165, 1.54) is 0 Å². The molecule has 17 heavy (non-hydrogen) atoms. The molecule has 0 spiro atoms. The minimum absolute atomic E-state index is 0.0234. The highest BCUT2D eigenvalue weighted by atomic mass is 16.5. The maximum Gasteiger partial charge on any atom is 0.131 e. The Morgan fingerprint density at radius 3 is 3.06 bits per heavy atom. The number of hydrogen-bond acceptors (Lipinski definition) is 4. The van der Waals surface area contributed by atoms with Crippen LogP contribution in [0.1, 0.15) is 43.3 Å². The van der Waals surface area contributed by atoms with E-state index in [2.05, 4.69) is 16.9 Å². The van der Waals surface area contributed by atoms with Crippen LogP contribution in [0.15, 0.2) is 6.20 Å². The summed E-state index contributed by atoms with van der Waals surface area (Å²) in [6.07, 6.45) is 7.00. The van der Waals surface area contributed by atoms with Gasteiger partial charge in [0.2, 0.25) is 0 Å². The van der Waals surface area contributed by atoms with Gasteiger partial charge in [-0.1, -0.05) is 13.3 Å². The van der Waals surface area contributed by atoms with E-state index in [1.54, 1.807) is 6.20 Å². The number of ether oxygens (including phenoxy) is 1. The molecule has 0 bridgehead atoms. The Labute approximate surface area is 102 Å². The summed E-state index contributed by atoms with van der Waals surface area (Å²) in [4.78, 5) is 8.85. The fourth-order valence-corrected chi connectivity index (χ4v) is 2.18. The smallest absolute Gasteiger partial charge is 0.131 e. The summed E-state index contributed by atoms with van der Waals surface area (Å²) in [6.45, 7) is 3.00. The van der Waals surface area contributed by atoms with Crippen LogP contribution in [-0.4, -0.2) is 27.8 Å². The van der Waals surface area contributed by atoms with E-state index >= 15 is 0 Å². The van der Waals surface area contributed by atoms with E-state index in [-0.39, 0.29) is 12.7 Å². The molecule has 1 saturated heterocycles. The first-order valence-corrected chi connectivity index (χ1v) is 6.39. The summed E-state index contributed by atoms with van der Waals surface area (Å²) in [5.74, 6) is 0.845. The van der Waals surface area contributed by atoms with E-state index in [4.69, 9.17) is 4.74 Å². The standard InChI is InChI=1S/C13H20N2O2/c1-2-4-12-10(9-16)8-14-13(15-12)7-11-5-3-6-17-11/h8,11,16H,2-7,9H2,1H3. The van der Waals surface area contributed by atoms with Crippen LogP contribution in [0.2, 0.25) is 0 Å². The van der Waals surface area contributed by atoms with Crippen molar-refractivity contribution < 1.29 is 9.84 Å². The lowest BCUT2D eigenvalue weighted by Gasteiger charge is -2.10. The van der Waals surface area contributed by atoms with Gasteiger partial charge in [0.15, 0.2) is 0 Å². The molecule has 2 rings (SSSR count). The van der Waals surface area contributed by atoms with Crippen LogP contribution in [0.4, 0.5) is 0 Å². The second-order valence-electron chi connectivity index (χ2n) is 4.51. The van der Waals surface area contributed by atoms with Crippen molar-refractivity contribution in [3.63, 3.8) is 0 Å². The molecule has 1 aliphatic rings. The molecular formula is C13H20N2O2. The van der Waals surface area contributed by atoms with Crippen molar-refractivity contribution in [2.45, 2.75) is 51.7 Å². The molecule has 1 aromatic heterocycles. The quantitative estimate of drug-likeness (QED) is 0.844. The molecule has 4 nitrogen and oxygen atoms in total. The van der Waals surface area contributed by atoms with Crippen molar-refractivity contribution in [3.8, 4) is 0 Å². The van der Waals surface area contributed by atoms with Crippen LogP contribution in [0.25, 0.3) is 0 Å². The number of aliphatic hydroxyl groups is 1. The third kappa shape index (κ3) is 3.23. The molecule has 0 radical (unpaired) electrons. The van der Waals surface area contributed by atoms with Crippen LogP contribution in [0, 0.1) is 0 Å².